The second-order valence-corrected chi connectivity index (χ2v) is 8.15. The topological polar surface area (TPSA) is 64.2 Å². The molecule has 1 aromatic heterocycles. The van der Waals surface area contributed by atoms with Gasteiger partial charge in [-0.15, -0.1) is 12.4 Å². The van der Waals surface area contributed by atoms with Crippen LogP contribution in [0.5, 0.6) is 0 Å². The van der Waals surface area contributed by atoms with Crippen molar-refractivity contribution in [3.63, 3.8) is 0 Å². The van der Waals surface area contributed by atoms with Gasteiger partial charge in [-0.2, -0.15) is 0 Å². The molecule has 6 heteroatoms. The molecule has 0 bridgehead atoms. The standard InChI is InChI=1S/C23H26N4O.ClH/c24-19-11-10-16-14-26(15-18(16)19)23(28)13-12-22-25-20-8-4-5-9-21(20)27(22)17-6-2-1-3-7-17;/h1-9,16,18-19H,10-15,24H2;1H. The number of halogens is 1. The molecule has 2 heterocycles. The van der Waals surface area contributed by atoms with Crippen molar-refractivity contribution in [2.75, 3.05) is 13.1 Å². The van der Waals surface area contributed by atoms with Gasteiger partial charge in [0.2, 0.25) is 5.91 Å². The third-order valence-corrected chi connectivity index (χ3v) is 6.47. The van der Waals surface area contributed by atoms with E-state index in [-0.39, 0.29) is 24.4 Å². The minimum absolute atomic E-state index is 0. The highest BCUT2D eigenvalue weighted by Crippen LogP contribution is 2.37. The number of nitrogens with zero attached hydrogens (tertiary/aromatic N) is 3. The first-order chi connectivity index (χ1) is 13.7. The molecule has 1 aliphatic carbocycles. The van der Waals surface area contributed by atoms with Crippen molar-refractivity contribution in [1.29, 1.82) is 0 Å². The molecule has 2 aliphatic rings. The molecule has 3 atom stereocenters. The summed E-state index contributed by atoms with van der Waals surface area (Å²) < 4.78 is 2.18. The van der Waals surface area contributed by atoms with Gasteiger partial charge in [0.25, 0.3) is 0 Å². The molecular formula is C23H27ClN4O. The van der Waals surface area contributed by atoms with Gasteiger partial charge < -0.3 is 10.6 Å². The van der Waals surface area contributed by atoms with Crippen LogP contribution >= 0.6 is 12.4 Å². The number of amides is 1. The monoisotopic (exact) mass is 410 g/mol. The second-order valence-electron chi connectivity index (χ2n) is 8.15. The molecule has 3 aromatic rings. The van der Waals surface area contributed by atoms with Crippen LogP contribution in [0.2, 0.25) is 0 Å². The highest BCUT2D eigenvalue weighted by molar-refractivity contribution is 5.85. The Labute approximate surface area is 177 Å². The molecule has 1 saturated carbocycles. The van der Waals surface area contributed by atoms with Crippen molar-refractivity contribution in [1.82, 2.24) is 14.5 Å². The number of fused-ring (bicyclic) bond motifs is 2. The highest BCUT2D eigenvalue weighted by atomic mass is 35.5. The van der Waals surface area contributed by atoms with E-state index >= 15 is 0 Å². The molecule has 2 aromatic carbocycles. The summed E-state index contributed by atoms with van der Waals surface area (Å²) in [5, 5.41) is 0. The third kappa shape index (κ3) is 3.65. The lowest BCUT2D eigenvalue weighted by Gasteiger charge is -2.19. The summed E-state index contributed by atoms with van der Waals surface area (Å²) in [6.45, 7) is 1.71. The number of carbonyl (C=O) groups is 1. The van der Waals surface area contributed by atoms with Gasteiger partial charge in [-0.1, -0.05) is 30.3 Å². The van der Waals surface area contributed by atoms with E-state index in [4.69, 9.17) is 10.7 Å². The average Bonchev–Trinajstić information content (AvgIpc) is 3.40. The van der Waals surface area contributed by atoms with Gasteiger partial charge in [0.15, 0.2) is 0 Å². The summed E-state index contributed by atoms with van der Waals surface area (Å²) in [5.41, 5.74) is 9.36. The van der Waals surface area contributed by atoms with E-state index in [1.807, 2.05) is 41.3 Å². The Bertz CT molecular complexity index is 1000. The summed E-state index contributed by atoms with van der Waals surface area (Å²) in [6.07, 6.45) is 3.41. The largest absolute Gasteiger partial charge is 0.342 e. The van der Waals surface area contributed by atoms with Crippen molar-refractivity contribution in [2.24, 2.45) is 17.6 Å². The molecule has 5 nitrogen and oxygen atoms in total. The van der Waals surface area contributed by atoms with E-state index in [1.54, 1.807) is 0 Å². The Kier molecular flexibility index (Phi) is 5.61. The maximum atomic E-state index is 12.9. The van der Waals surface area contributed by atoms with E-state index in [2.05, 4.69) is 22.8 Å². The van der Waals surface area contributed by atoms with Crippen LogP contribution in [0.4, 0.5) is 0 Å². The highest BCUT2D eigenvalue weighted by Gasteiger charge is 2.42. The van der Waals surface area contributed by atoms with Crippen LogP contribution in [0.25, 0.3) is 16.7 Å². The quantitative estimate of drug-likeness (QED) is 0.715. The van der Waals surface area contributed by atoms with Gasteiger partial charge in [0, 0.05) is 37.7 Å². The lowest BCUT2D eigenvalue weighted by Crippen LogP contribution is -2.33. The van der Waals surface area contributed by atoms with E-state index < -0.39 is 0 Å². The van der Waals surface area contributed by atoms with Gasteiger partial charge >= 0.3 is 0 Å². The molecule has 2 N–H and O–H groups in total. The molecule has 1 aliphatic heterocycles. The molecule has 3 unspecified atom stereocenters. The summed E-state index contributed by atoms with van der Waals surface area (Å²) in [5.74, 6) is 2.27. The first kappa shape index (κ1) is 19.9. The van der Waals surface area contributed by atoms with Crippen molar-refractivity contribution >= 4 is 29.3 Å². The van der Waals surface area contributed by atoms with Crippen LogP contribution in [-0.2, 0) is 11.2 Å². The fourth-order valence-electron chi connectivity index (χ4n) is 5.00. The molecule has 0 radical (unpaired) electrons. The van der Waals surface area contributed by atoms with Gasteiger partial charge in [0.1, 0.15) is 5.82 Å². The van der Waals surface area contributed by atoms with Gasteiger partial charge in [-0.3, -0.25) is 9.36 Å². The number of imidazole rings is 1. The van der Waals surface area contributed by atoms with E-state index in [1.165, 1.54) is 6.42 Å². The predicted molar refractivity (Wildman–Crippen MR) is 117 cm³/mol. The van der Waals surface area contributed by atoms with Crippen LogP contribution in [0.15, 0.2) is 54.6 Å². The summed E-state index contributed by atoms with van der Waals surface area (Å²) in [6, 6.07) is 18.7. The Hall–Kier alpha value is -2.37. The Morgan fingerprint density at radius 2 is 1.79 bits per heavy atom. The van der Waals surface area contributed by atoms with Gasteiger partial charge in [-0.25, -0.2) is 4.98 Å². The molecule has 1 amide bonds. The zero-order valence-electron chi connectivity index (χ0n) is 16.4. The zero-order chi connectivity index (χ0) is 19.1. The Balaban J connectivity index is 0.00000205. The maximum absolute atomic E-state index is 12.9. The van der Waals surface area contributed by atoms with Gasteiger partial charge in [-0.05, 0) is 48.9 Å². The number of likely N-dealkylation sites (tertiary alicyclic amines) is 1. The number of nitrogens with two attached hydrogens (primary N) is 1. The van der Waals surface area contributed by atoms with E-state index in [9.17, 15) is 4.79 Å². The summed E-state index contributed by atoms with van der Waals surface area (Å²) in [7, 11) is 0. The van der Waals surface area contributed by atoms with Crippen molar-refractivity contribution < 1.29 is 4.79 Å². The minimum Gasteiger partial charge on any atom is -0.342 e. The number of carbonyl (C=O) groups excluding carboxylic acids is 1. The number of aromatic nitrogens is 2. The lowest BCUT2D eigenvalue weighted by molar-refractivity contribution is -0.130. The van der Waals surface area contributed by atoms with Crippen LogP contribution in [-0.4, -0.2) is 39.5 Å². The normalized spacial score (nSPS) is 23.2. The third-order valence-electron chi connectivity index (χ3n) is 6.47. The van der Waals surface area contributed by atoms with Crippen molar-refractivity contribution in [3.05, 3.63) is 60.4 Å². The number of benzene rings is 2. The van der Waals surface area contributed by atoms with Crippen LogP contribution in [0.1, 0.15) is 25.1 Å². The Morgan fingerprint density at radius 3 is 2.59 bits per heavy atom. The molecular weight excluding hydrogens is 384 g/mol. The number of hydrogen-bond acceptors (Lipinski definition) is 3. The number of rotatable bonds is 4. The minimum atomic E-state index is 0. The second kappa shape index (κ2) is 8.17. The fraction of sp³-hybridized carbons (Fsp3) is 0.391. The van der Waals surface area contributed by atoms with E-state index in [0.717, 1.165) is 42.1 Å². The summed E-state index contributed by atoms with van der Waals surface area (Å²) >= 11 is 0. The van der Waals surface area contributed by atoms with Crippen LogP contribution in [0.3, 0.4) is 0 Å². The molecule has 29 heavy (non-hydrogen) atoms. The van der Waals surface area contributed by atoms with Crippen LogP contribution in [0, 0.1) is 11.8 Å². The Morgan fingerprint density at radius 1 is 1.03 bits per heavy atom. The van der Waals surface area contributed by atoms with E-state index in [0.29, 0.717) is 24.7 Å². The zero-order valence-corrected chi connectivity index (χ0v) is 17.2. The molecule has 152 valence electrons. The molecule has 5 rings (SSSR count). The number of para-hydroxylation sites is 3. The summed E-state index contributed by atoms with van der Waals surface area (Å²) in [4.78, 5) is 19.7. The first-order valence-electron chi connectivity index (χ1n) is 10.3. The van der Waals surface area contributed by atoms with Crippen LogP contribution < -0.4 is 5.73 Å². The molecule has 2 fully saturated rings. The van der Waals surface area contributed by atoms with Crippen molar-refractivity contribution in [2.45, 2.75) is 31.7 Å². The number of aryl methyl sites for hydroxylation is 1. The lowest BCUT2D eigenvalue weighted by atomic mass is 9.98. The average molecular weight is 411 g/mol. The number of hydrogen-bond donors (Lipinski definition) is 1. The first-order valence-corrected chi connectivity index (χ1v) is 10.3. The predicted octanol–water partition coefficient (Wildman–Crippen LogP) is 3.58. The van der Waals surface area contributed by atoms with Gasteiger partial charge in [0.05, 0.1) is 11.0 Å². The fourth-order valence-corrected chi connectivity index (χ4v) is 5.00. The molecule has 1 saturated heterocycles. The molecule has 0 spiro atoms. The van der Waals surface area contributed by atoms with Crippen molar-refractivity contribution in [3.8, 4) is 5.69 Å². The maximum Gasteiger partial charge on any atom is 0.223 e. The SMILES string of the molecule is Cl.NC1CCC2CN(C(=O)CCc3nc4ccccc4n3-c3ccccc3)CC12. The smallest absolute Gasteiger partial charge is 0.223 e.